The van der Waals surface area contributed by atoms with Gasteiger partial charge in [0.2, 0.25) is 0 Å². The van der Waals surface area contributed by atoms with Gasteiger partial charge in [0, 0.05) is 7.05 Å². The van der Waals surface area contributed by atoms with Crippen molar-refractivity contribution < 1.29 is 4.79 Å². The number of hydrogen-bond acceptors (Lipinski definition) is 4. The number of hydrogen-bond donors (Lipinski definition) is 1. The zero-order chi connectivity index (χ0) is 8.27. The summed E-state index contributed by atoms with van der Waals surface area (Å²) in [5, 5.41) is 7.74. The summed E-state index contributed by atoms with van der Waals surface area (Å²) < 4.78 is 0. The van der Waals surface area contributed by atoms with E-state index in [1.54, 1.807) is 13.2 Å². The lowest BCUT2D eigenvalue weighted by molar-refractivity contribution is -0.117. The third-order valence-corrected chi connectivity index (χ3v) is 1.25. The average molecular weight is 154 g/mol. The van der Waals surface area contributed by atoms with Crippen LogP contribution in [0.5, 0.6) is 0 Å². The normalized spacial score (nSPS) is 10.0. The third kappa shape index (κ3) is 2.12. The van der Waals surface area contributed by atoms with Crippen molar-refractivity contribution >= 4 is 5.78 Å². The molecule has 0 aliphatic rings. The first kappa shape index (κ1) is 7.87. The van der Waals surface area contributed by atoms with E-state index in [0.29, 0.717) is 5.69 Å². The van der Waals surface area contributed by atoms with E-state index in [2.05, 4.69) is 10.2 Å². The first-order chi connectivity index (χ1) is 5.22. The van der Waals surface area contributed by atoms with E-state index in [4.69, 9.17) is 5.73 Å². The van der Waals surface area contributed by atoms with E-state index < -0.39 is 0 Å². The molecule has 0 saturated carbocycles. The van der Waals surface area contributed by atoms with E-state index in [1.165, 1.54) is 4.80 Å². The van der Waals surface area contributed by atoms with Crippen molar-refractivity contribution in [1.29, 1.82) is 0 Å². The van der Waals surface area contributed by atoms with Gasteiger partial charge >= 0.3 is 0 Å². The van der Waals surface area contributed by atoms with Gasteiger partial charge < -0.3 is 5.73 Å². The van der Waals surface area contributed by atoms with Crippen molar-refractivity contribution in [3.63, 3.8) is 0 Å². The van der Waals surface area contributed by atoms with Gasteiger partial charge in [-0.25, -0.2) is 0 Å². The van der Waals surface area contributed by atoms with Gasteiger partial charge in [-0.2, -0.15) is 15.0 Å². The van der Waals surface area contributed by atoms with Gasteiger partial charge in [-0.05, 0) is 0 Å². The predicted molar refractivity (Wildman–Crippen MR) is 38.8 cm³/mol. The number of rotatable bonds is 3. The predicted octanol–water partition coefficient (Wildman–Crippen LogP) is -1.11. The number of nitrogens with two attached hydrogens (primary N) is 1. The zero-order valence-corrected chi connectivity index (χ0v) is 6.32. The highest BCUT2D eigenvalue weighted by Crippen LogP contribution is 1.91. The van der Waals surface area contributed by atoms with Crippen molar-refractivity contribution in [3.8, 4) is 0 Å². The molecular formula is C6H10N4O. The number of aryl methyl sites for hydroxylation is 1. The number of aromatic nitrogens is 3. The second-order valence-corrected chi connectivity index (χ2v) is 2.24. The Bertz CT molecular complexity index is 255. The second-order valence-electron chi connectivity index (χ2n) is 2.24. The number of nitrogens with zero attached hydrogens (tertiary/aromatic N) is 3. The number of ketones is 1. The largest absolute Gasteiger partial charge is 0.324 e. The van der Waals surface area contributed by atoms with E-state index in [-0.39, 0.29) is 18.7 Å². The van der Waals surface area contributed by atoms with Gasteiger partial charge in [0.05, 0.1) is 24.9 Å². The van der Waals surface area contributed by atoms with Crippen LogP contribution in [0, 0.1) is 0 Å². The lowest BCUT2D eigenvalue weighted by Gasteiger charge is -1.90. The minimum Gasteiger partial charge on any atom is -0.324 e. The van der Waals surface area contributed by atoms with Gasteiger partial charge in [0.15, 0.2) is 5.78 Å². The van der Waals surface area contributed by atoms with Gasteiger partial charge in [0.1, 0.15) is 0 Å². The highest BCUT2D eigenvalue weighted by Gasteiger charge is 2.03. The van der Waals surface area contributed by atoms with E-state index in [0.717, 1.165) is 0 Å². The maximum Gasteiger partial charge on any atom is 0.152 e. The summed E-state index contributed by atoms with van der Waals surface area (Å²) in [7, 11) is 1.70. The lowest BCUT2D eigenvalue weighted by Crippen LogP contribution is -2.15. The topological polar surface area (TPSA) is 73.8 Å². The molecule has 1 aromatic rings. The molecule has 0 unspecified atom stereocenters. The molecule has 0 fully saturated rings. The first-order valence-corrected chi connectivity index (χ1v) is 3.29. The first-order valence-electron chi connectivity index (χ1n) is 3.29. The second kappa shape index (κ2) is 3.25. The van der Waals surface area contributed by atoms with Gasteiger partial charge in [0.25, 0.3) is 0 Å². The fourth-order valence-electron chi connectivity index (χ4n) is 0.743. The Morgan fingerprint density at radius 2 is 2.55 bits per heavy atom. The van der Waals surface area contributed by atoms with Crippen LogP contribution in [-0.2, 0) is 18.3 Å². The molecule has 0 radical (unpaired) electrons. The summed E-state index contributed by atoms with van der Waals surface area (Å²) in [5.41, 5.74) is 5.79. The molecule has 1 heterocycles. The molecule has 0 spiro atoms. The van der Waals surface area contributed by atoms with Crippen molar-refractivity contribution in [2.24, 2.45) is 12.8 Å². The fraction of sp³-hybridized carbons (Fsp3) is 0.500. The molecule has 0 aliphatic heterocycles. The average Bonchev–Trinajstić information content (AvgIpc) is 2.35. The maximum absolute atomic E-state index is 10.8. The SMILES string of the molecule is Cn1ncc(CC(=O)CN)n1. The van der Waals surface area contributed by atoms with Gasteiger partial charge in [-0.3, -0.25) is 4.79 Å². The van der Waals surface area contributed by atoms with E-state index in [9.17, 15) is 4.79 Å². The quantitative estimate of drug-likeness (QED) is 0.598. The summed E-state index contributed by atoms with van der Waals surface area (Å²) in [5.74, 6) is -0.0227. The molecule has 0 amide bonds. The van der Waals surface area contributed by atoms with Gasteiger partial charge in [-0.1, -0.05) is 0 Å². The maximum atomic E-state index is 10.8. The van der Waals surface area contributed by atoms with Crippen molar-refractivity contribution in [2.45, 2.75) is 6.42 Å². The number of Topliss-reactive ketones (excluding diaryl/α,β-unsaturated/α-hetero) is 1. The molecule has 0 saturated heterocycles. The standard InChI is InChI=1S/C6H10N4O/c1-10-8-4-5(9-10)2-6(11)3-7/h4H,2-3,7H2,1H3. The Morgan fingerprint density at radius 1 is 1.82 bits per heavy atom. The van der Waals surface area contributed by atoms with Crippen molar-refractivity contribution in [1.82, 2.24) is 15.0 Å². The molecule has 60 valence electrons. The van der Waals surface area contributed by atoms with Crippen LogP contribution < -0.4 is 5.73 Å². The van der Waals surface area contributed by atoms with Crippen molar-refractivity contribution in [3.05, 3.63) is 11.9 Å². The monoisotopic (exact) mass is 154 g/mol. The summed E-state index contributed by atoms with van der Waals surface area (Å²) in [6.07, 6.45) is 1.85. The molecule has 11 heavy (non-hydrogen) atoms. The lowest BCUT2D eigenvalue weighted by atomic mass is 10.2. The van der Waals surface area contributed by atoms with Crippen LogP contribution >= 0.6 is 0 Å². The summed E-state index contributed by atoms with van der Waals surface area (Å²) in [4.78, 5) is 12.2. The molecular weight excluding hydrogens is 144 g/mol. The van der Waals surface area contributed by atoms with Crippen LogP contribution in [-0.4, -0.2) is 27.3 Å². The van der Waals surface area contributed by atoms with Gasteiger partial charge in [-0.15, -0.1) is 0 Å². The Morgan fingerprint density at radius 3 is 3.00 bits per heavy atom. The van der Waals surface area contributed by atoms with E-state index in [1.807, 2.05) is 0 Å². The Balaban J connectivity index is 2.57. The fourth-order valence-corrected chi connectivity index (χ4v) is 0.743. The summed E-state index contributed by atoms with van der Waals surface area (Å²) in [6.45, 7) is 0.0660. The Labute approximate surface area is 64.2 Å². The molecule has 1 rings (SSSR count). The number of carbonyl (C=O) groups excluding carboxylic acids is 1. The van der Waals surface area contributed by atoms with Crippen LogP contribution in [0.25, 0.3) is 0 Å². The number of carbonyl (C=O) groups is 1. The van der Waals surface area contributed by atoms with Crippen LogP contribution in [0.3, 0.4) is 0 Å². The Kier molecular flexibility index (Phi) is 2.32. The minimum absolute atomic E-state index is 0.0227. The molecule has 5 heteroatoms. The molecule has 0 bridgehead atoms. The van der Waals surface area contributed by atoms with E-state index >= 15 is 0 Å². The molecule has 2 N–H and O–H groups in total. The zero-order valence-electron chi connectivity index (χ0n) is 6.32. The summed E-state index contributed by atoms with van der Waals surface area (Å²) in [6, 6.07) is 0. The highest BCUT2D eigenvalue weighted by atomic mass is 16.1. The summed E-state index contributed by atoms with van der Waals surface area (Å²) >= 11 is 0. The highest BCUT2D eigenvalue weighted by molar-refractivity contribution is 5.82. The minimum atomic E-state index is -0.0227. The van der Waals surface area contributed by atoms with Crippen LogP contribution in [0.4, 0.5) is 0 Å². The van der Waals surface area contributed by atoms with Crippen LogP contribution in [0.15, 0.2) is 6.20 Å². The molecule has 0 atom stereocenters. The van der Waals surface area contributed by atoms with Crippen molar-refractivity contribution in [2.75, 3.05) is 6.54 Å². The Hall–Kier alpha value is -1.23. The third-order valence-electron chi connectivity index (χ3n) is 1.25. The molecule has 5 nitrogen and oxygen atoms in total. The van der Waals surface area contributed by atoms with Crippen LogP contribution in [0.1, 0.15) is 5.69 Å². The molecule has 1 aromatic heterocycles. The van der Waals surface area contributed by atoms with Crippen LogP contribution in [0.2, 0.25) is 0 Å². The molecule has 0 aliphatic carbocycles. The smallest absolute Gasteiger partial charge is 0.152 e. The molecule has 0 aromatic carbocycles.